The van der Waals surface area contributed by atoms with Crippen molar-refractivity contribution in [2.45, 2.75) is 13.0 Å². The lowest BCUT2D eigenvalue weighted by atomic mass is 9.98. The Morgan fingerprint density at radius 3 is 2.65 bits per heavy atom. The summed E-state index contributed by atoms with van der Waals surface area (Å²) in [7, 11) is 1.34. The van der Waals surface area contributed by atoms with E-state index < -0.39 is 23.5 Å². The number of aromatic nitrogens is 1. The molecule has 0 bridgehead atoms. The Kier molecular flexibility index (Phi) is 4.50. The van der Waals surface area contributed by atoms with Gasteiger partial charge in [0.15, 0.2) is 35.2 Å². The number of nitrogens with zero attached hydrogens (tertiary/aromatic N) is 3. The van der Waals surface area contributed by atoms with E-state index in [1.165, 1.54) is 13.1 Å². The Morgan fingerprint density at radius 1 is 1.35 bits per heavy atom. The van der Waals surface area contributed by atoms with Gasteiger partial charge in [0.25, 0.3) is 0 Å². The molecule has 0 saturated heterocycles. The molecular weight excluding hydrogens is 348 g/mol. The smallest absolute Gasteiger partial charge is 0.228 e. The number of pyridine rings is 1. The maximum Gasteiger partial charge on any atom is 0.228 e. The first-order chi connectivity index (χ1) is 12.4. The minimum absolute atomic E-state index is 0.00894. The average Bonchev–Trinajstić information content (AvgIpc) is 2.63. The zero-order valence-electron chi connectivity index (χ0n) is 13.8. The Labute approximate surface area is 146 Å². The van der Waals surface area contributed by atoms with E-state index in [1.807, 2.05) is 0 Å². The number of hydrogen-bond donors (Lipinski definition) is 0. The molecule has 1 aliphatic rings. The largest absolute Gasteiger partial charge is 0.363 e. The molecule has 0 aliphatic carbocycles. The van der Waals surface area contributed by atoms with Gasteiger partial charge >= 0.3 is 0 Å². The van der Waals surface area contributed by atoms with E-state index in [4.69, 9.17) is 4.74 Å². The number of hydrazine groups is 1. The Morgan fingerprint density at radius 2 is 2.04 bits per heavy atom. The summed E-state index contributed by atoms with van der Waals surface area (Å²) in [6.45, 7) is 1.76. The molecule has 26 heavy (non-hydrogen) atoms. The predicted molar refractivity (Wildman–Crippen MR) is 86.9 cm³/mol. The predicted octanol–water partition coefficient (Wildman–Crippen LogP) is 1.64. The number of carbonyl (C=O) groups excluding carboxylic acids is 3. The van der Waals surface area contributed by atoms with Crippen molar-refractivity contribution in [2.75, 3.05) is 18.7 Å². The van der Waals surface area contributed by atoms with E-state index in [9.17, 15) is 23.2 Å². The lowest BCUT2D eigenvalue weighted by molar-refractivity contribution is -0.117. The highest BCUT2D eigenvalue weighted by Gasteiger charge is 2.41. The topological polar surface area (TPSA) is 79.8 Å². The zero-order valence-corrected chi connectivity index (χ0v) is 13.8. The normalized spacial score (nSPS) is 16.5. The third kappa shape index (κ3) is 2.63. The minimum atomic E-state index is -1.29. The van der Waals surface area contributed by atoms with E-state index in [0.29, 0.717) is 6.41 Å². The molecule has 2 aromatic rings. The fourth-order valence-electron chi connectivity index (χ4n) is 2.78. The molecular formula is C17H13F2N3O4. The van der Waals surface area contributed by atoms with Crippen LogP contribution in [0.5, 0.6) is 0 Å². The van der Waals surface area contributed by atoms with Crippen molar-refractivity contribution in [1.29, 1.82) is 0 Å². The van der Waals surface area contributed by atoms with Crippen molar-refractivity contribution in [3.63, 3.8) is 0 Å². The summed E-state index contributed by atoms with van der Waals surface area (Å²) in [6.07, 6.45) is -0.895. The van der Waals surface area contributed by atoms with Gasteiger partial charge in [0, 0.05) is 25.1 Å². The molecule has 0 N–H and O–H groups in total. The quantitative estimate of drug-likeness (QED) is 0.608. The maximum atomic E-state index is 13.5. The van der Waals surface area contributed by atoms with Gasteiger partial charge in [-0.15, -0.1) is 0 Å². The number of amides is 1. The molecule has 1 amide bonds. The molecule has 0 spiro atoms. The van der Waals surface area contributed by atoms with Gasteiger partial charge in [0.2, 0.25) is 12.2 Å². The van der Waals surface area contributed by atoms with Crippen LogP contribution in [-0.2, 0) is 14.3 Å². The number of halogens is 2. The van der Waals surface area contributed by atoms with Crippen molar-refractivity contribution >= 4 is 34.9 Å². The van der Waals surface area contributed by atoms with E-state index in [1.54, 1.807) is 12.9 Å². The number of anilines is 1. The lowest BCUT2D eigenvalue weighted by Gasteiger charge is -2.37. The molecule has 9 heteroatoms. The fourth-order valence-corrected chi connectivity index (χ4v) is 2.78. The standard InChI is InChI=1S/C17H13F2N3O4/c1-3-26-16-14(7-23)22(21(2)8-24)17-10(15(16)25)4-9-5-11(18)12(19)6-13(9)20-17/h4-6,8,16H,3H2,1-2H3. The summed E-state index contributed by atoms with van der Waals surface area (Å²) in [4.78, 5) is 39.7. The second kappa shape index (κ2) is 6.62. The number of fused-ring (bicyclic) bond motifs is 2. The number of rotatable bonds is 4. The van der Waals surface area contributed by atoms with Gasteiger partial charge in [-0.3, -0.25) is 14.6 Å². The number of carbonyl (C=O) groups is 2. The maximum absolute atomic E-state index is 13.5. The van der Waals surface area contributed by atoms with E-state index in [2.05, 4.69) is 4.98 Å². The van der Waals surface area contributed by atoms with Crippen LogP contribution < -0.4 is 5.01 Å². The molecule has 134 valence electrons. The van der Waals surface area contributed by atoms with E-state index in [-0.39, 0.29) is 34.6 Å². The van der Waals surface area contributed by atoms with Crippen molar-refractivity contribution < 1.29 is 27.9 Å². The SMILES string of the molecule is CCOC1C(=O)c2cc3cc(F)c(F)cc3nc2N(N(C)C=O)C1=C=O. The van der Waals surface area contributed by atoms with Crippen LogP contribution in [-0.4, -0.2) is 47.9 Å². The van der Waals surface area contributed by atoms with Crippen LogP contribution in [0.1, 0.15) is 17.3 Å². The number of ketones is 1. The fraction of sp³-hybridized carbons (Fsp3) is 0.235. The third-order valence-electron chi connectivity index (χ3n) is 3.92. The summed E-state index contributed by atoms with van der Waals surface area (Å²) in [5.41, 5.74) is -0.192. The van der Waals surface area contributed by atoms with Gasteiger partial charge in [0.1, 0.15) is 0 Å². The Bertz CT molecular complexity index is 972. The molecule has 0 fully saturated rings. The van der Waals surface area contributed by atoms with Crippen molar-refractivity contribution in [3.05, 3.63) is 41.1 Å². The molecule has 1 aromatic heterocycles. The molecule has 1 aliphatic heterocycles. The summed E-state index contributed by atoms with van der Waals surface area (Å²) in [5, 5.41) is 2.24. The van der Waals surface area contributed by atoms with Gasteiger partial charge in [0.05, 0.1) is 11.1 Å². The van der Waals surface area contributed by atoms with Crippen molar-refractivity contribution in [2.24, 2.45) is 0 Å². The highest BCUT2D eigenvalue weighted by Crippen LogP contribution is 2.35. The summed E-state index contributed by atoms with van der Waals surface area (Å²) < 4.78 is 32.4. The van der Waals surface area contributed by atoms with Crippen LogP contribution in [0.4, 0.5) is 14.6 Å². The third-order valence-corrected chi connectivity index (χ3v) is 3.92. The Hall–Kier alpha value is -3.16. The van der Waals surface area contributed by atoms with Gasteiger partial charge in [-0.25, -0.2) is 23.6 Å². The number of ether oxygens (including phenoxy) is 1. The molecule has 1 aromatic carbocycles. The van der Waals surface area contributed by atoms with Crippen LogP contribution in [0.3, 0.4) is 0 Å². The zero-order chi connectivity index (χ0) is 19.0. The molecule has 3 rings (SSSR count). The average molecular weight is 361 g/mol. The highest BCUT2D eigenvalue weighted by atomic mass is 19.2. The van der Waals surface area contributed by atoms with Crippen LogP contribution in [0.2, 0.25) is 0 Å². The van der Waals surface area contributed by atoms with Gasteiger partial charge < -0.3 is 4.74 Å². The molecule has 2 heterocycles. The van der Waals surface area contributed by atoms with Gasteiger partial charge in [-0.1, -0.05) is 0 Å². The van der Waals surface area contributed by atoms with Gasteiger partial charge in [-0.05, 0) is 19.1 Å². The first kappa shape index (κ1) is 17.7. The molecule has 1 unspecified atom stereocenters. The van der Waals surface area contributed by atoms with Crippen LogP contribution in [0.15, 0.2) is 23.9 Å². The van der Waals surface area contributed by atoms with Gasteiger partial charge in [-0.2, -0.15) is 0 Å². The molecule has 1 atom stereocenters. The second-order valence-electron chi connectivity index (χ2n) is 5.50. The number of benzene rings is 1. The first-order valence-electron chi connectivity index (χ1n) is 7.61. The summed E-state index contributed by atoms with van der Waals surface area (Å²) in [6, 6.07) is 3.11. The minimum Gasteiger partial charge on any atom is -0.363 e. The Balaban J connectivity index is 2.33. The first-order valence-corrected chi connectivity index (χ1v) is 7.61. The van der Waals surface area contributed by atoms with Crippen LogP contribution >= 0.6 is 0 Å². The van der Waals surface area contributed by atoms with Crippen molar-refractivity contribution in [3.8, 4) is 0 Å². The molecule has 0 saturated carbocycles. The second-order valence-corrected chi connectivity index (χ2v) is 5.50. The molecule has 0 radical (unpaired) electrons. The summed E-state index contributed by atoms with van der Waals surface area (Å²) in [5.74, 6) is -1.24. The van der Waals surface area contributed by atoms with Crippen LogP contribution in [0.25, 0.3) is 10.9 Å². The number of Topliss-reactive ketones (excluding diaryl/α,β-unsaturated/α-hetero) is 1. The summed E-state index contributed by atoms with van der Waals surface area (Å²) >= 11 is 0. The van der Waals surface area contributed by atoms with Crippen LogP contribution in [0, 0.1) is 11.6 Å². The van der Waals surface area contributed by atoms with E-state index in [0.717, 1.165) is 22.2 Å². The number of hydrogen-bond acceptors (Lipinski definition) is 6. The highest BCUT2D eigenvalue weighted by molar-refractivity contribution is 6.11. The molecule has 7 nitrogen and oxygen atoms in total. The van der Waals surface area contributed by atoms with Crippen molar-refractivity contribution in [1.82, 2.24) is 9.99 Å². The lowest BCUT2D eigenvalue weighted by Crippen LogP contribution is -2.49. The monoisotopic (exact) mass is 361 g/mol. The van der Waals surface area contributed by atoms with E-state index >= 15 is 0 Å².